The SMILES string of the molecule is CCS(=O)(=O)c1cc(-c2cnc(OC)nc2)cnc1C(=O)N1CCc2ncc(C(F)(F)F)cc21. The van der Waals surface area contributed by atoms with E-state index >= 15 is 0 Å². The summed E-state index contributed by atoms with van der Waals surface area (Å²) in [5.41, 5.74) is -0.317. The van der Waals surface area contributed by atoms with Crippen molar-refractivity contribution >= 4 is 21.4 Å². The number of anilines is 1. The largest absolute Gasteiger partial charge is 0.467 e. The first-order valence-electron chi connectivity index (χ1n) is 10.0. The summed E-state index contributed by atoms with van der Waals surface area (Å²) in [6, 6.07) is 2.24. The Morgan fingerprint density at radius 3 is 2.35 bits per heavy atom. The van der Waals surface area contributed by atoms with Crippen molar-refractivity contribution in [1.82, 2.24) is 19.9 Å². The number of hydrogen-bond acceptors (Lipinski definition) is 8. The van der Waals surface area contributed by atoms with Crippen LogP contribution in [-0.4, -0.2) is 53.7 Å². The van der Waals surface area contributed by atoms with E-state index < -0.39 is 27.5 Å². The standard InChI is InChI=1S/C21H18F3N5O4S/c1-3-34(31,32)17-6-12(13-9-27-20(33-2)28-10-13)8-26-18(17)19(30)29-5-4-15-16(29)7-14(11-25-15)21(22,23)24/h6-11H,3-5H2,1-2H3. The maximum Gasteiger partial charge on any atom is 0.417 e. The van der Waals surface area contributed by atoms with Gasteiger partial charge in [0, 0.05) is 48.9 Å². The molecule has 0 saturated heterocycles. The molecule has 178 valence electrons. The molecule has 4 heterocycles. The second kappa shape index (κ2) is 8.63. The molecule has 0 bridgehead atoms. The van der Waals surface area contributed by atoms with Gasteiger partial charge >= 0.3 is 12.2 Å². The van der Waals surface area contributed by atoms with Gasteiger partial charge in [-0.2, -0.15) is 13.2 Å². The number of pyridine rings is 2. The lowest BCUT2D eigenvalue weighted by Crippen LogP contribution is -2.31. The number of methoxy groups -OCH3 is 1. The smallest absolute Gasteiger partial charge is 0.417 e. The van der Waals surface area contributed by atoms with Gasteiger partial charge in [0.2, 0.25) is 0 Å². The van der Waals surface area contributed by atoms with Gasteiger partial charge in [-0.25, -0.2) is 23.4 Å². The van der Waals surface area contributed by atoms with Gasteiger partial charge in [0.15, 0.2) is 9.84 Å². The third-order valence-corrected chi connectivity index (χ3v) is 7.04. The number of rotatable bonds is 5. The Hall–Kier alpha value is -3.61. The molecule has 0 radical (unpaired) electrons. The van der Waals surface area contributed by atoms with Crippen LogP contribution in [0.1, 0.15) is 28.7 Å². The van der Waals surface area contributed by atoms with Crippen LogP contribution in [0.4, 0.5) is 18.9 Å². The number of nitrogens with zero attached hydrogens (tertiary/aromatic N) is 5. The number of aromatic nitrogens is 4. The number of sulfone groups is 1. The third kappa shape index (κ3) is 4.30. The number of ether oxygens (including phenoxy) is 1. The lowest BCUT2D eigenvalue weighted by molar-refractivity contribution is -0.137. The average Bonchev–Trinajstić information content (AvgIpc) is 3.26. The van der Waals surface area contributed by atoms with Gasteiger partial charge in [0.1, 0.15) is 5.69 Å². The van der Waals surface area contributed by atoms with Crippen molar-refractivity contribution in [3.05, 3.63) is 53.9 Å². The number of alkyl halides is 3. The topological polar surface area (TPSA) is 115 Å². The first-order valence-corrected chi connectivity index (χ1v) is 11.7. The van der Waals surface area contributed by atoms with Crippen molar-refractivity contribution in [3.8, 4) is 17.1 Å². The van der Waals surface area contributed by atoms with Crippen molar-refractivity contribution in [1.29, 1.82) is 0 Å². The van der Waals surface area contributed by atoms with E-state index in [0.29, 0.717) is 23.0 Å². The fourth-order valence-corrected chi connectivity index (χ4v) is 4.52. The highest BCUT2D eigenvalue weighted by atomic mass is 32.2. The summed E-state index contributed by atoms with van der Waals surface area (Å²) in [6.45, 7) is 1.46. The molecule has 0 unspecified atom stereocenters. The molecule has 1 amide bonds. The zero-order valence-corrected chi connectivity index (χ0v) is 18.8. The minimum absolute atomic E-state index is 0.0193. The molecule has 4 rings (SSSR count). The summed E-state index contributed by atoms with van der Waals surface area (Å²) in [5.74, 6) is -1.14. The van der Waals surface area contributed by atoms with Crippen LogP contribution in [0.15, 0.2) is 41.8 Å². The van der Waals surface area contributed by atoms with Crippen LogP contribution in [-0.2, 0) is 22.4 Å². The third-order valence-electron chi connectivity index (χ3n) is 5.30. The minimum Gasteiger partial charge on any atom is -0.467 e. The summed E-state index contributed by atoms with van der Waals surface area (Å²) in [6.07, 6.45) is 0.409. The van der Waals surface area contributed by atoms with Crippen molar-refractivity contribution in [2.45, 2.75) is 24.4 Å². The van der Waals surface area contributed by atoms with E-state index in [0.717, 1.165) is 11.0 Å². The van der Waals surface area contributed by atoms with Crippen LogP contribution in [0.3, 0.4) is 0 Å². The molecule has 0 atom stereocenters. The van der Waals surface area contributed by atoms with E-state index in [1.807, 2.05) is 0 Å². The molecule has 13 heteroatoms. The van der Waals surface area contributed by atoms with Gasteiger partial charge < -0.3 is 9.64 Å². The van der Waals surface area contributed by atoms with Crippen molar-refractivity contribution in [2.75, 3.05) is 24.3 Å². The van der Waals surface area contributed by atoms with Crippen LogP contribution in [0.25, 0.3) is 11.1 Å². The van der Waals surface area contributed by atoms with E-state index in [1.165, 1.54) is 38.7 Å². The van der Waals surface area contributed by atoms with Gasteiger partial charge in [-0.15, -0.1) is 0 Å². The summed E-state index contributed by atoms with van der Waals surface area (Å²) in [4.78, 5) is 30.0. The van der Waals surface area contributed by atoms with Crippen molar-refractivity contribution < 1.29 is 31.1 Å². The first-order chi connectivity index (χ1) is 16.0. The normalized spacial score (nSPS) is 13.6. The molecule has 0 aliphatic carbocycles. The van der Waals surface area contributed by atoms with E-state index in [9.17, 15) is 26.4 Å². The second-order valence-electron chi connectivity index (χ2n) is 7.33. The molecule has 1 aliphatic heterocycles. The average molecular weight is 493 g/mol. The highest BCUT2D eigenvalue weighted by Gasteiger charge is 2.36. The lowest BCUT2D eigenvalue weighted by Gasteiger charge is -2.19. The van der Waals surface area contributed by atoms with Gasteiger partial charge in [-0.1, -0.05) is 6.92 Å². The summed E-state index contributed by atoms with van der Waals surface area (Å²) in [5, 5.41) is 0. The van der Waals surface area contributed by atoms with Crippen LogP contribution in [0.5, 0.6) is 6.01 Å². The highest BCUT2D eigenvalue weighted by molar-refractivity contribution is 7.91. The molecule has 0 N–H and O–H groups in total. The summed E-state index contributed by atoms with van der Waals surface area (Å²) < 4.78 is 70.1. The molecule has 0 fully saturated rings. The number of carbonyl (C=O) groups excluding carboxylic acids is 1. The first kappa shape index (κ1) is 23.5. The summed E-state index contributed by atoms with van der Waals surface area (Å²) in [7, 11) is -2.53. The molecule has 1 aliphatic rings. The maximum atomic E-state index is 13.3. The fourth-order valence-electron chi connectivity index (χ4n) is 3.47. The Balaban J connectivity index is 1.78. The van der Waals surface area contributed by atoms with Crippen molar-refractivity contribution in [2.24, 2.45) is 0 Å². The monoisotopic (exact) mass is 493 g/mol. The number of amides is 1. The van der Waals surface area contributed by atoms with E-state index in [4.69, 9.17) is 4.74 Å². The Bertz CT molecular complexity index is 1360. The Kier molecular flexibility index (Phi) is 5.98. The lowest BCUT2D eigenvalue weighted by atomic mass is 10.1. The minimum atomic E-state index is -4.64. The zero-order chi connectivity index (χ0) is 24.7. The van der Waals surface area contributed by atoms with Crippen LogP contribution < -0.4 is 9.64 Å². The molecular weight excluding hydrogens is 475 g/mol. The predicted octanol–water partition coefficient (Wildman–Crippen LogP) is 2.96. The molecule has 9 nitrogen and oxygen atoms in total. The zero-order valence-electron chi connectivity index (χ0n) is 18.0. The Morgan fingerprint density at radius 2 is 1.74 bits per heavy atom. The van der Waals surface area contributed by atoms with Crippen molar-refractivity contribution in [3.63, 3.8) is 0 Å². The quantitative estimate of drug-likeness (QED) is 0.533. The van der Waals surface area contributed by atoms with Gasteiger partial charge in [-0.05, 0) is 12.1 Å². The molecule has 3 aromatic rings. The van der Waals surface area contributed by atoms with Gasteiger partial charge in [0.05, 0.1) is 34.7 Å². The number of halogens is 3. The predicted molar refractivity (Wildman–Crippen MR) is 114 cm³/mol. The molecule has 0 spiro atoms. The van der Waals surface area contributed by atoms with Gasteiger partial charge in [0.25, 0.3) is 5.91 Å². The molecule has 0 saturated carbocycles. The van der Waals surface area contributed by atoms with Crippen LogP contribution in [0.2, 0.25) is 0 Å². The van der Waals surface area contributed by atoms with E-state index in [-0.39, 0.29) is 41.0 Å². The number of fused-ring (bicyclic) bond motifs is 1. The highest BCUT2D eigenvalue weighted by Crippen LogP contribution is 2.36. The molecule has 34 heavy (non-hydrogen) atoms. The van der Waals surface area contributed by atoms with E-state index in [1.54, 1.807) is 0 Å². The molecule has 0 aromatic carbocycles. The number of carbonyl (C=O) groups is 1. The van der Waals surface area contributed by atoms with Crippen LogP contribution in [0, 0.1) is 0 Å². The molecule has 3 aromatic heterocycles. The maximum absolute atomic E-state index is 13.3. The Morgan fingerprint density at radius 1 is 1.06 bits per heavy atom. The van der Waals surface area contributed by atoms with Gasteiger partial charge in [-0.3, -0.25) is 9.78 Å². The second-order valence-corrected chi connectivity index (χ2v) is 9.57. The molecular formula is C21H18F3N5O4S. The Labute approximate surface area is 192 Å². The summed E-state index contributed by atoms with van der Waals surface area (Å²) >= 11 is 0. The fraction of sp³-hybridized carbons (Fsp3) is 0.286. The van der Waals surface area contributed by atoms with Crippen LogP contribution >= 0.6 is 0 Å². The number of hydrogen-bond donors (Lipinski definition) is 0. The van der Waals surface area contributed by atoms with E-state index in [2.05, 4.69) is 19.9 Å².